The van der Waals surface area contributed by atoms with Crippen molar-refractivity contribution in [2.45, 2.75) is 13.8 Å². The molecule has 0 heterocycles. The van der Waals surface area contributed by atoms with Gasteiger partial charge in [-0.3, -0.25) is 14.9 Å². The number of hydrogen-bond donors (Lipinski definition) is 1. The fraction of sp³-hybridized carbons (Fsp3) is 0.176. The Labute approximate surface area is 143 Å². The van der Waals surface area contributed by atoms with Crippen LogP contribution < -0.4 is 15.3 Å². The SMILES string of the molecule is Cc1ccc(OCC(=O)N/N=C\c2cccc([N+](=O)[O-])c2[O-])cc1C. The van der Waals surface area contributed by atoms with E-state index < -0.39 is 22.3 Å². The fourth-order valence-corrected chi connectivity index (χ4v) is 1.95. The monoisotopic (exact) mass is 342 g/mol. The van der Waals surface area contributed by atoms with Crippen LogP contribution in [0.5, 0.6) is 11.5 Å². The summed E-state index contributed by atoms with van der Waals surface area (Å²) in [6, 6.07) is 9.31. The van der Waals surface area contributed by atoms with Gasteiger partial charge in [0.2, 0.25) is 0 Å². The van der Waals surface area contributed by atoms with Gasteiger partial charge in [0.05, 0.1) is 11.1 Å². The van der Waals surface area contributed by atoms with Gasteiger partial charge in [0, 0.05) is 6.07 Å². The van der Waals surface area contributed by atoms with Crippen molar-refractivity contribution in [3.63, 3.8) is 0 Å². The number of nitro benzene ring substituents is 1. The number of ether oxygens (including phenoxy) is 1. The highest BCUT2D eigenvalue weighted by Crippen LogP contribution is 2.25. The van der Waals surface area contributed by atoms with Crippen molar-refractivity contribution in [3.05, 3.63) is 63.2 Å². The zero-order valence-corrected chi connectivity index (χ0v) is 13.7. The van der Waals surface area contributed by atoms with Crippen molar-refractivity contribution in [3.8, 4) is 11.5 Å². The number of nitro groups is 1. The van der Waals surface area contributed by atoms with Crippen molar-refractivity contribution >= 4 is 17.8 Å². The number of rotatable bonds is 6. The lowest BCUT2D eigenvalue weighted by molar-refractivity contribution is -0.398. The Kier molecular flexibility index (Phi) is 5.67. The minimum atomic E-state index is -0.768. The third-order valence-corrected chi connectivity index (χ3v) is 3.46. The van der Waals surface area contributed by atoms with Crippen LogP contribution in [0, 0.1) is 24.0 Å². The number of para-hydroxylation sites is 1. The van der Waals surface area contributed by atoms with Gasteiger partial charge in [0.15, 0.2) is 6.61 Å². The molecule has 0 atom stereocenters. The molecular weight excluding hydrogens is 326 g/mol. The number of hydrazone groups is 1. The van der Waals surface area contributed by atoms with E-state index in [-0.39, 0.29) is 12.2 Å². The van der Waals surface area contributed by atoms with Gasteiger partial charge in [-0.2, -0.15) is 5.10 Å². The summed E-state index contributed by atoms with van der Waals surface area (Å²) in [6.45, 7) is 3.66. The molecule has 8 nitrogen and oxygen atoms in total. The first kappa shape index (κ1) is 17.9. The first-order valence-electron chi connectivity index (χ1n) is 7.35. The summed E-state index contributed by atoms with van der Waals surface area (Å²) in [4.78, 5) is 21.6. The maximum atomic E-state index is 11.8. The molecule has 0 spiro atoms. The van der Waals surface area contributed by atoms with E-state index in [0.717, 1.165) is 23.4 Å². The number of aryl methyl sites for hydroxylation is 2. The highest BCUT2D eigenvalue weighted by atomic mass is 16.6. The van der Waals surface area contributed by atoms with Gasteiger partial charge >= 0.3 is 0 Å². The molecule has 0 aliphatic carbocycles. The van der Waals surface area contributed by atoms with Crippen molar-refractivity contribution in [2.75, 3.05) is 6.61 Å². The highest BCUT2D eigenvalue weighted by Gasteiger charge is 2.08. The van der Waals surface area contributed by atoms with Gasteiger partial charge in [-0.15, -0.1) is 0 Å². The van der Waals surface area contributed by atoms with Gasteiger partial charge < -0.3 is 9.84 Å². The van der Waals surface area contributed by atoms with Crippen LogP contribution in [-0.2, 0) is 4.79 Å². The average molecular weight is 342 g/mol. The van der Waals surface area contributed by atoms with E-state index in [1.54, 1.807) is 6.07 Å². The first-order chi connectivity index (χ1) is 11.9. The van der Waals surface area contributed by atoms with Crippen molar-refractivity contribution in [2.24, 2.45) is 5.10 Å². The van der Waals surface area contributed by atoms with E-state index in [1.807, 2.05) is 26.0 Å². The van der Waals surface area contributed by atoms with Crippen LogP contribution in [0.3, 0.4) is 0 Å². The number of carbonyl (C=O) groups excluding carboxylic acids is 1. The Hall–Kier alpha value is -3.42. The molecule has 1 amide bonds. The second-order valence-corrected chi connectivity index (χ2v) is 5.28. The molecule has 25 heavy (non-hydrogen) atoms. The molecule has 0 saturated carbocycles. The molecule has 2 rings (SSSR count). The maximum Gasteiger partial charge on any atom is 0.277 e. The predicted octanol–water partition coefficient (Wildman–Crippen LogP) is 1.81. The Balaban J connectivity index is 1.91. The van der Waals surface area contributed by atoms with E-state index >= 15 is 0 Å². The largest absolute Gasteiger partial charge is 0.867 e. The van der Waals surface area contributed by atoms with Gasteiger partial charge in [-0.25, -0.2) is 5.43 Å². The second kappa shape index (κ2) is 7.91. The molecule has 0 aromatic heterocycles. The van der Waals surface area contributed by atoms with Crippen molar-refractivity contribution in [1.82, 2.24) is 5.43 Å². The van der Waals surface area contributed by atoms with Crippen LogP contribution in [0.4, 0.5) is 5.69 Å². The van der Waals surface area contributed by atoms with Crippen molar-refractivity contribution < 1.29 is 19.6 Å². The normalized spacial score (nSPS) is 10.6. The zero-order valence-electron chi connectivity index (χ0n) is 13.7. The van der Waals surface area contributed by atoms with E-state index in [2.05, 4.69) is 10.5 Å². The number of carbonyl (C=O) groups is 1. The molecule has 0 aliphatic heterocycles. The summed E-state index contributed by atoms with van der Waals surface area (Å²) in [7, 11) is 0. The fourth-order valence-electron chi connectivity index (χ4n) is 1.95. The van der Waals surface area contributed by atoms with Crippen LogP contribution in [0.25, 0.3) is 0 Å². The molecule has 0 saturated heterocycles. The molecule has 0 radical (unpaired) electrons. The Bertz CT molecular complexity index is 833. The molecule has 2 aromatic rings. The molecule has 1 N–H and O–H groups in total. The number of nitrogens with zero attached hydrogens (tertiary/aromatic N) is 2. The number of hydrogen-bond acceptors (Lipinski definition) is 6. The number of nitrogens with one attached hydrogen (secondary N) is 1. The zero-order chi connectivity index (χ0) is 18.4. The molecule has 2 aromatic carbocycles. The highest BCUT2D eigenvalue weighted by molar-refractivity contribution is 5.86. The topological polar surface area (TPSA) is 117 Å². The van der Waals surface area contributed by atoms with Crippen LogP contribution in [0.15, 0.2) is 41.5 Å². The molecule has 0 bridgehead atoms. The third kappa shape index (κ3) is 4.77. The van der Waals surface area contributed by atoms with E-state index in [0.29, 0.717) is 5.75 Å². The second-order valence-electron chi connectivity index (χ2n) is 5.28. The summed E-state index contributed by atoms with van der Waals surface area (Å²) < 4.78 is 5.34. The predicted molar refractivity (Wildman–Crippen MR) is 89.7 cm³/mol. The summed E-state index contributed by atoms with van der Waals surface area (Å²) in [5, 5.41) is 26.1. The van der Waals surface area contributed by atoms with Crippen LogP contribution in [0.1, 0.15) is 16.7 Å². The summed E-state index contributed by atoms with van der Waals surface area (Å²) >= 11 is 0. The van der Waals surface area contributed by atoms with Crippen LogP contribution in [-0.4, -0.2) is 23.7 Å². The Morgan fingerprint density at radius 2 is 2.04 bits per heavy atom. The molecule has 0 unspecified atom stereocenters. The quantitative estimate of drug-likeness (QED) is 0.488. The lowest BCUT2D eigenvalue weighted by Crippen LogP contribution is -2.24. The van der Waals surface area contributed by atoms with Crippen molar-refractivity contribution in [1.29, 1.82) is 0 Å². The number of benzene rings is 2. The minimum Gasteiger partial charge on any atom is -0.867 e. The van der Waals surface area contributed by atoms with Gasteiger partial charge in [-0.05, 0) is 48.4 Å². The van der Waals surface area contributed by atoms with Gasteiger partial charge in [0.1, 0.15) is 5.75 Å². The molecular formula is C17H16N3O5-. The minimum absolute atomic E-state index is 0.00424. The summed E-state index contributed by atoms with van der Waals surface area (Å²) in [6.07, 6.45) is 1.06. The van der Waals surface area contributed by atoms with Gasteiger partial charge in [-0.1, -0.05) is 18.2 Å². The lowest BCUT2D eigenvalue weighted by atomic mass is 10.1. The van der Waals surface area contributed by atoms with Crippen LogP contribution in [0.2, 0.25) is 0 Å². The number of amides is 1. The summed E-state index contributed by atoms with van der Waals surface area (Å²) in [5.74, 6) is -0.730. The summed E-state index contributed by atoms with van der Waals surface area (Å²) in [5.41, 5.74) is 3.82. The molecule has 130 valence electrons. The standard InChI is InChI=1S/C17H17N3O5/c1-11-6-7-14(8-12(11)2)25-10-16(21)19-18-9-13-4-3-5-15(17(13)22)20(23)24/h3-9,22H,10H2,1-2H3,(H,19,21)/p-1/b18-9-. The molecule has 0 fully saturated rings. The maximum absolute atomic E-state index is 11.8. The van der Waals surface area contributed by atoms with Crippen LogP contribution >= 0.6 is 0 Å². The lowest BCUT2D eigenvalue weighted by Gasteiger charge is -2.09. The smallest absolute Gasteiger partial charge is 0.277 e. The van der Waals surface area contributed by atoms with E-state index in [4.69, 9.17) is 4.74 Å². The van der Waals surface area contributed by atoms with Gasteiger partial charge in [0.25, 0.3) is 11.6 Å². The van der Waals surface area contributed by atoms with E-state index in [9.17, 15) is 20.0 Å². The molecule has 8 heteroatoms. The molecule has 0 aliphatic rings. The first-order valence-corrected chi connectivity index (χ1v) is 7.35. The Morgan fingerprint density at radius 3 is 2.72 bits per heavy atom. The third-order valence-electron chi connectivity index (χ3n) is 3.46. The van der Waals surface area contributed by atoms with E-state index in [1.165, 1.54) is 12.1 Å². The average Bonchev–Trinajstić information content (AvgIpc) is 2.57. The Morgan fingerprint density at radius 1 is 1.28 bits per heavy atom.